The van der Waals surface area contributed by atoms with Crippen LogP contribution in [0.5, 0.6) is 0 Å². The summed E-state index contributed by atoms with van der Waals surface area (Å²) in [6.07, 6.45) is 4.73. The molecule has 0 saturated heterocycles. The minimum atomic E-state index is 0.676. The van der Waals surface area contributed by atoms with Gasteiger partial charge in [0, 0.05) is 13.2 Å². The molecule has 0 unspecified atom stereocenters. The van der Waals surface area contributed by atoms with Crippen molar-refractivity contribution >= 4 is 0 Å². The summed E-state index contributed by atoms with van der Waals surface area (Å²) in [6, 6.07) is 20.4. The molecular weight excluding hydrogens is 336 g/mol. The maximum atomic E-state index is 5.61. The van der Waals surface area contributed by atoms with Gasteiger partial charge in [-0.3, -0.25) is 0 Å². The van der Waals surface area contributed by atoms with Crippen LogP contribution in [0.3, 0.4) is 0 Å². The SMILES string of the molecule is CCCCOCCOCCCC.c1ccc(COCc2ccccc2)cc1. The molecular formula is C24H36O3. The Balaban J connectivity index is 0.000000279. The summed E-state index contributed by atoms with van der Waals surface area (Å²) in [7, 11) is 0. The molecule has 0 aliphatic carbocycles. The largest absolute Gasteiger partial charge is 0.379 e. The van der Waals surface area contributed by atoms with E-state index in [4.69, 9.17) is 14.2 Å². The van der Waals surface area contributed by atoms with Crippen molar-refractivity contribution in [1.29, 1.82) is 0 Å². The Bertz CT molecular complexity index is 478. The summed E-state index contributed by atoms with van der Waals surface area (Å²) in [5, 5.41) is 0. The number of benzene rings is 2. The minimum Gasteiger partial charge on any atom is -0.379 e. The lowest BCUT2D eigenvalue weighted by atomic mass is 10.2. The van der Waals surface area contributed by atoms with Gasteiger partial charge in [-0.25, -0.2) is 0 Å². The van der Waals surface area contributed by atoms with E-state index in [1.807, 2.05) is 36.4 Å². The first-order chi connectivity index (χ1) is 13.4. The molecule has 0 atom stereocenters. The van der Waals surface area contributed by atoms with Crippen LogP contribution < -0.4 is 0 Å². The van der Waals surface area contributed by atoms with Crippen molar-refractivity contribution in [3.8, 4) is 0 Å². The van der Waals surface area contributed by atoms with Crippen LogP contribution in [0, 0.1) is 0 Å². The fraction of sp³-hybridized carbons (Fsp3) is 0.500. The molecule has 0 aliphatic rings. The lowest BCUT2D eigenvalue weighted by Gasteiger charge is -2.03. The first kappa shape index (κ1) is 23.4. The molecule has 0 aromatic heterocycles. The van der Waals surface area contributed by atoms with Gasteiger partial charge in [0.2, 0.25) is 0 Å². The minimum absolute atomic E-state index is 0.676. The van der Waals surface area contributed by atoms with Crippen LogP contribution in [0.25, 0.3) is 0 Å². The second-order valence-corrected chi connectivity index (χ2v) is 6.40. The standard InChI is InChI=1S/C14H14O.C10H22O2/c1-3-7-13(8-4-1)11-15-12-14-9-5-2-6-10-14;1-3-5-7-11-9-10-12-8-6-4-2/h1-10H,11-12H2;3-10H2,1-2H3. The second-order valence-electron chi connectivity index (χ2n) is 6.40. The van der Waals surface area contributed by atoms with Crippen LogP contribution in [-0.2, 0) is 27.4 Å². The molecule has 0 aliphatic heterocycles. The molecule has 0 spiro atoms. The molecule has 2 aromatic rings. The van der Waals surface area contributed by atoms with Crippen LogP contribution in [0.1, 0.15) is 50.7 Å². The Labute approximate surface area is 165 Å². The zero-order valence-electron chi connectivity index (χ0n) is 17.1. The number of unbranched alkanes of at least 4 members (excludes halogenated alkanes) is 2. The molecule has 27 heavy (non-hydrogen) atoms. The van der Waals surface area contributed by atoms with E-state index in [0.29, 0.717) is 13.2 Å². The van der Waals surface area contributed by atoms with Crippen LogP contribution >= 0.6 is 0 Å². The predicted octanol–water partition coefficient (Wildman–Crippen LogP) is 6.02. The fourth-order valence-electron chi connectivity index (χ4n) is 2.25. The number of hydrogen-bond donors (Lipinski definition) is 0. The summed E-state index contributed by atoms with van der Waals surface area (Å²) in [4.78, 5) is 0. The molecule has 2 rings (SSSR count). The average Bonchev–Trinajstić information content (AvgIpc) is 2.72. The molecule has 0 amide bonds. The predicted molar refractivity (Wildman–Crippen MR) is 113 cm³/mol. The number of hydrogen-bond acceptors (Lipinski definition) is 3. The van der Waals surface area contributed by atoms with Crippen molar-refractivity contribution in [2.24, 2.45) is 0 Å². The smallest absolute Gasteiger partial charge is 0.0721 e. The summed E-state index contributed by atoms with van der Waals surface area (Å²) >= 11 is 0. The molecule has 0 heterocycles. The van der Waals surface area contributed by atoms with E-state index in [0.717, 1.165) is 39.3 Å². The second kappa shape index (κ2) is 17.7. The summed E-state index contributed by atoms with van der Waals surface area (Å²) < 4.78 is 16.3. The third kappa shape index (κ3) is 14.1. The van der Waals surface area contributed by atoms with E-state index in [-0.39, 0.29) is 0 Å². The highest BCUT2D eigenvalue weighted by Crippen LogP contribution is 2.05. The molecule has 0 radical (unpaired) electrons. The van der Waals surface area contributed by atoms with Gasteiger partial charge in [-0.15, -0.1) is 0 Å². The third-order valence-corrected chi connectivity index (χ3v) is 3.88. The first-order valence-electron chi connectivity index (χ1n) is 10.2. The number of rotatable bonds is 13. The number of ether oxygens (including phenoxy) is 3. The molecule has 0 saturated carbocycles. The van der Waals surface area contributed by atoms with Crippen molar-refractivity contribution in [2.45, 2.75) is 52.7 Å². The van der Waals surface area contributed by atoms with E-state index in [1.165, 1.54) is 24.0 Å². The Morgan fingerprint density at radius 2 is 0.926 bits per heavy atom. The van der Waals surface area contributed by atoms with Gasteiger partial charge in [0.15, 0.2) is 0 Å². The molecule has 0 fully saturated rings. The summed E-state index contributed by atoms with van der Waals surface area (Å²) in [6.45, 7) is 8.96. The molecule has 3 nitrogen and oxygen atoms in total. The van der Waals surface area contributed by atoms with Gasteiger partial charge in [-0.2, -0.15) is 0 Å². The lowest BCUT2D eigenvalue weighted by Crippen LogP contribution is -2.05. The van der Waals surface area contributed by atoms with Gasteiger partial charge < -0.3 is 14.2 Å². The highest BCUT2D eigenvalue weighted by molar-refractivity contribution is 5.15. The van der Waals surface area contributed by atoms with E-state index >= 15 is 0 Å². The Morgan fingerprint density at radius 1 is 0.519 bits per heavy atom. The third-order valence-electron chi connectivity index (χ3n) is 3.88. The summed E-state index contributed by atoms with van der Waals surface area (Å²) in [5.41, 5.74) is 2.43. The van der Waals surface area contributed by atoms with Crippen molar-refractivity contribution < 1.29 is 14.2 Å². The highest BCUT2D eigenvalue weighted by atomic mass is 16.5. The van der Waals surface area contributed by atoms with Crippen LogP contribution in [0.2, 0.25) is 0 Å². The van der Waals surface area contributed by atoms with Gasteiger partial charge in [-0.1, -0.05) is 87.4 Å². The van der Waals surface area contributed by atoms with E-state index in [2.05, 4.69) is 38.1 Å². The highest BCUT2D eigenvalue weighted by Gasteiger charge is 1.93. The maximum absolute atomic E-state index is 5.61. The van der Waals surface area contributed by atoms with Gasteiger partial charge >= 0.3 is 0 Å². The quantitative estimate of drug-likeness (QED) is 0.402. The zero-order chi connectivity index (χ0) is 19.4. The zero-order valence-corrected chi connectivity index (χ0v) is 17.1. The Hall–Kier alpha value is -1.68. The average molecular weight is 373 g/mol. The van der Waals surface area contributed by atoms with E-state index in [1.54, 1.807) is 0 Å². The van der Waals surface area contributed by atoms with Crippen molar-refractivity contribution in [2.75, 3.05) is 26.4 Å². The summed E-state index contributed by atoms with van der Waals surface area (Å²) in [5.74, 6) is 0. The van der Waals surface area contributed by atoms with Crippen LogP contribution in [0.4, 0.5) is 0 Å². The van der Waals surface area contributed by atoms with Crippen LogP contribution in [0.15, 0.2) is 60.7 Å². The molecule has 2 aromatic carbocycles. The maximum Gasteiger partial charge on any atom is 0.0721 e. The first-order valence-corrected chi connectivity index (χ1v) is 10.2. The lowest BCUT2D eigenvalue weighted by molar-refractivity contribution is 0.0457. The van der Waals surface area contributed by atoms with E-state index < -0.39 is 0 Å². The topological polar surface area (TPSA) is 27.7 Å². The molecule has 0 bridgehead atoms. The fourth-order valence-corrected chi connectivity index (χ4v) is 2.25. The van der Waals surface area contributed by atoms with Gasteiger partial charge in [0.25, 0.3) is 0 Å². The van der Waals surface area contributed by atoms with Gasteiger partial charge in [-0.05, 0) is 24.0 Å². The normalized spacial score (nSPS) is 10.3. The monoisotopic (exact) mass is 372 g/mol. The van der Waals surface area contributed by atoms with Crippen LogP contribution in [-0.4, -0.2) is 26.4 Å². The van der Waals surface area contributed by atoms with Gasteiger partial charge in [0.05, 0.1) is 26.4 Å². The van der Waals surface area contributed by atoms with Crippen molar-refractivity contribution in [3.63, 3.8) is 0 Å². The van der Waals surface area contributed by atoms with Crippen molar-refractivity contribution in [3.05, 3.63) is 71.8 Å². The Morgan fingerprint density at radius 3 is 1.30 bits per heavy atom. The Kier molecular flexibility index (Phi) is 15.3. The van der Waals surface area contributed by atoms with Crippen molar-refractivity contribution in [1.82, 2.24) is 0 Å². The molecule has 3 heteroatoms. The molecule has 0 N–H and O–H groups in total. The van der Waals surface area contributed by atoms with Gasteiger partial charge in [0.1, 0.15) is 0 Å². The molecule has 150 valence electrons. The van der Waals surface area contributed by atoms with E-state index in [9.17, 15) is 0 Å².